The van der Waals surface area contributed by atoms with E-state index in [1.54, 1.807) is 25.5 Å². The topological polar surface area (TPSA) is 103 Å². The first kappa shape index (κ1) is 19.2. The second-order valence-electron chi connectivity index (χ2n) is 6.48. The van der Waals surface area contributed by atoms with E-state index in [2.05, 4.69) is 15.1 Å². The molecule has 1 amide bonds. The summed E-state index contributed by atoms with van der Waals surface area (Å²) in [6, 6.07) is 11.4. The number of thioether (sulfide) groups is 1. The molecule has 1 aliphatic heterocycles. The van der Waals surface area contributed by atoms with Gasteiger partial charge in [-0.25, -0.2) is 4.68 Å². The van der Waals surface area contributed by atoms with Gasteiger partial charge in [-0.3, -0.25) is 4.79 Å². The van der Waals surface area contributed by atoms with E-state index in [-0.39, 0.29) is 11.7 Å². The van der Waals surface area contributed by atoms with Gasteiger partial charge in [-0.2, -0.15) is 0 Å². The number of para-hydroxylation sites is 2. The lowest BCUT2D eigenvalue weighted by molar-refractivity contribution is -0.128. The third-order valence-electron chi connectivity index (χ3n) is 4.79. The van der Waals surface area contributed by atoms with Crippen LogP contribution in [0.2, 0.25) is 0 Å². The smallest absolute Gasteiger partial charge is 0.233 e. The Morgan fingerprint density at radius 1 is 1.17 bits per heavy atom. The van der Waals surface area contributed by atoms with Crippen LogP contribution in [0.15, 0.2) is 52.2 Å². The van der Waals surface area contributed by atoms with E-state index in [9.17, 15) is 4.79 Å². The van der Waals surface area contributed by atoms with E-state index in [0.717, 1.165) is 24.5 Å². The molecule has 0 saturated carbocycles. The fourth-order valence-electron chi connectivity index (χ4n) is 3.25. The van der Waals surface area contributed by atoms with Gasteiger partial charge in [0.15, 0.2) is 5.76 Å². The molecule has 1 aromatic carbocycles. The molecule has 3 heterocycles. The number of aromatic nitrogens is 3. The summed E-state index contributed by atoms with van der Waals surface area (Å²) in [6.07, 6.45) is 1.55. The summed E-state index contributed by atoms with van der Waals surface area (Å²) in [7, 11) is 1.67. The molecule has 1 saturated heterocycles. The summed E-state index contributed by atoms with van der Waals surface area (Å²) in [5, 5.41) is 8.57. The molecule has 152 valence electrons. The molecule has 4 rings (SSSR count). The fraction of sp³-hybridized carbons (Fsp3) is 0.316. The van der Waals surface area contributed by atoms with Gasteiger partial charge in [0.05, 0.1) is 24.8 Å². The first-order valence-electron chi connectivity index (χ1n) is 9.20. The quantitative estimate of drug-likeness (QED) is 0.480. The highest BCUT2D eigenvalue weighted by molar-refractivity contribution is 7.99. The monoisotopic (exact) mass is 414 g/mol. The molecule has 1 fully saturated rings. The van der Waals surface area contributed by atoms with Gasteiger partial charge in [0.1, 0.15) is 5.75 Å². The number of hydrogen-bond acceptors (Lipinski definition) is 8. The van der Waals surface area contributed by atoms with E-state index < -0.39 is 0 Å². The number of nitrogen functional groups attached to an aromatic ring is 1. The number of nitrogens with two attached hydrogens (primary N) is 1. The number of piperazine rings is 1. The lowest BCUT2D eigenvalue weighted by Gasteiger charge is -2.36. The van der Waals surface area contributed by atoms with Crippen LogP contribution in [0.25, 0.3) is 11.6 Å². The highest BCUT2D eigenvalue weighted by Crippen LogP contribution is 2.28. The number of amides is 1. The van der Waals surface area contributed by atoms with Crippen LogP contribution in [0.3, 0.4) is 0 Å². The third kappa shape index (κ3) is 4.02. The van der Waals surface area contributed by atoms with E-state index in [1.165, 1.54) is 16.4 Å². The Hall–Kier alpha value is -3.14. The summed E-state index contributed by atoms with van der Waals surface area (Å²) in [6.45, 7) is 2.83. The number of carbonyl (C=O) groups is 1. The Kier molecular flexibility index (Phi) is 5.61. The molecule has 0 atom stereocenters. The Bertz CT molecular complexity index is 966. The van der Waals surface area contributed by atoms with Gasteiger partial charge in [0.2, 0.25) is 16.9 Å². The molecule has 9 nitrogen and oxygen atoms in total. The first-order chi connectivity index (χ1) is 14.2. The molecule has 1 aliphatic rings. The molecule has 2 N–H and O–H groups in total. The minimum atomic E-state index is 0.0530. The second kappa shape index (κ2) is 8.48. The maximum absolute atomic E-state index is 12.6. The van der Waals surface area contributed by atoms with E-state index in [4.69, 9.17) is 15.0 Å². The molecule has 0 spiro atoms. The number of nitrogens with zero attached hydrogens (tertiary/aromatic N) is 5. The molecule has 0 unspecified atom stereocenters. The minimum absolute atomic E-state index is 0.0530. The molecule has 0 bridgehead atoms. The standard InChI is InChI=1S/C19H22N6O3S/c1-27-15-6-3-2-5-14(15)23-8-10-24(11-9-23)17(26)13-29-19-22-21-18(25(19)20)16-7-4-12-28-16/h2-7,12H,8-11,13,20H2,1H3. The van der Waals surface area contributed by atoms with Gasteiger partial charge < -0.3 is 24.8 Å². The molecular formula is C19H22N6O3S. The van der Waals surface area contributed by atoms with Crippen LogP contribution < -0.4 is 15.5 Å². The molecule has 3 aromatic rings. The summed E-state index contributed by atoms with van der Waals surface area (Å²) in [5.41, 5.74) is 1.05. The predicted octanol–water partition coefficient (Wildman–Crippen LogP) is 1.70. The average molecular weight is 414 g/mol. The summed E-state index contributed by atoms with van der Waals surface area (Å²) >= 11 is 1.27. The van der Waals surface area contributed by atoms with E-state index in [0.29, 0.717) is 29.8 Å². The highest BCUT2D eigenvalue weighted by atomic mass is 32.2. The van der Waals surface area contributed by atoms with Gasteiger partial charge in [0, 0.05) is 26.2 Å². The van der Waals surface area contributed by atoms with Crippen LogP contribution in [0.5, 0.6) is 5.75 Å². The Balaban J connectivity index is 1.32. The van der Waals surface area contributed by atoms with Crippen LogP contribution >= 0.6 is 11.8 Å². The lowest BCUT2D eigenvalue weighted by atomic mass is 10.2. The highest BCUT2D eigenvalue weighted by Gasteiger charge is 2.24. The summed E-state index contributed by atoms with van der Waals surface area (Å²) in [5.74, 6) is 8.15. The first-order valence-corrected chi connectivity index (χ1v) is 10.2. The van der Waals surface area contributed by atoms with Gasteiger partial charge >= 0.3 is 0 Å². The molecule has 0 radical (unpaired) electrons. The number of hydrogen-bond donors (Lipinski definition) is 1. The van der Waals surface area contributed by atoms with Crippen LogP contribution in [-0.4, -0.2) is 64.7 Å². The molecule has 2 aromatic heterocycles. The van der Waals surface area contributed by atoms with Crippen molar-refractivity contribution in [3.05, 3.63) is 42.7 Å². The van der Waals surface area contributed by atoms with Crippen LogP contribution in [0.4, 0.5) is 5.69 Å². The normalized spacial score (nSPS) is 14.2. The second-order valence-corrected chi connectivity index (χ2v) is 7.42. The molecule has 0 aliphatic carbocycles. The van der Waals surface area contributed by atoms with Crippen molar-refractivity contribution in [2.45, 2.75) is 5.16 Å². The maximum atomic E-state index is 12.6. The van der Waals surface area contributed by atoms with Crippen molar-refractivity contribution in [1.29, 1.82) is 0 Å². The van der Waals surface area contributed by atoms with Crippen molar-refractivity contribution in [2.75, 3.05) is 49.8 Å². The van der Waals surface area contributed by atoms with Crippen LogP contribution in [0.1, 0.15) is 0 Å². The van der Waals surface area contributed by atoms with Crippen LogP contribution in [-0.2, 0) is 4.79 Å². The summed E-state index contributed by atoms with van der Waals surface area (Å²) < 4.78 is 12.1. The van der Waals surface area contributed by atoms with E-state index in [1.807, 2.05) is 29.2 Å². The number of methoxy groups -OCH3 is 1. The van der Waals surface area contributed by atoms with Crippen molar-refractivity contribution in [1.82, 2.24) is 19.8 Å². The van der Waals surface area contributed by atoms with Crippen molar-refractivity contribution in [3.63, 3.8) is 0 Å². The number of rotatable bonds is 6. The molecule has 29 heavy (non-hydrogen) atoms. The SMILES string of the molecule is COc1ccccc1N1CCN(C(=O)CSc2nnc(-c3ccco3)n2N)CC1. The van der Waals surface area contributed by atoms with E-state index >= 15 is 0 Å². The van der Waals surface area contributed by atoms with Gasteiger partial charge in [-0.1, -0.05) is 23.9 Å². The van der Waals surface area contributed by atoms with Crippen molar-refractivity contribution < 1.29 is 13.9 Å². The van der Waals surface area contributed by atoms with Crippen LogP contribution in [0, 0.1) is 0 Å². The predicted molar refractivity (Wildman–Crippen MR) is 110 cm³/mol. The average Bonchev–Trinajstić information content (AvgIpc) is 3.42. The Labute approximate surface area is 172 Å². The lowest BCUT2D eigenvalue weighted by Crippen LogP contribution is -2.49. The number of anilines is 1. The minimum Gasteiger partial charge on any atom is -0.495 e. The Morgan fingerprint density at radius 2 is 1.97 bits per heavy atom. The van der Waals surface area contributed by atoms with Crippen molar-refractivity contribution >= 4 is 23.4 Å². The Morgan fingerprint density at radius 3 is 2.69 bits per heavy atom. The number of furan rings is 1. The zero-order valence-electron chi connectivity index (χ0n) is 16.0. The van der Waals surface area contributed by atoms with Gasteiger partial charge in [-0.05, 0) is 24.3 Å². The number of carbonyl (C=O) groups excluding carboxylic acids is 1. The summed E-state index contributed by atoms with van der Waals surface area (Å²) in [4.78, 5) is 16.7. The van der Waals surface area contributed by atoms with Crippen molar-refractivity contribution in [2.24, 2.45) is 0 Å². The molecular weight excluding hydrogens is 392 g/mol. The van der Waals surface area contributed by atoms with Gasteiger partial charge in [-0.15, -0.1) is 10.2 Å². The fourth-order valence-corrected chi connectivity index (χ4v) is 4.01. The largest absolute Gasteiger partial charge is 0.495 e. The number of benzene rings is 1. The van der Waals surface area contributed by atoms with Crippen molar-refractivity contribution in [3.8, 4) is 17.3 Å². The van der Waals surface area contributed by atoms with Gasteiger partial charge in [0.25, 0.3) is 0 Å². The molecule has 10 heteroatoms. The maximum Gasteiger partial charge on any atom is 0.233 e. The zero-order chi connectivity index (χ0) is 20.2. The third-order valence-corrected chi connectivity index (χ3v) is 5.72. The zero-order valence-corrected chi connectivity index (χ0v) is 16.8. The number of ether oxygens (including phenoxy) is 1.